The topological polar surface area (TPSA) is 26.3 Å². The van der Waals surface area contributed by atoms with Crippen LogP contribution in [0, 0.1) is 0 Å². The molecule has 0 amide bonds. The van der Waals surface area contributed by atoms with Crippen molar-refractivity contribution in [3.63, 3.8) is 0 Å². The van der Waals surface area contributed by atoms with Crippen LogP contribution in [0.3, 0.4) is 0 Å². The van der Waals surface area contributed by atoms with Gasteiger partial charge < -0.3 is 9.22 Å². The van der Waals surface area contributed by atoms with Crippen LogP contribution in [-0.2, 0) is 31.9 Å². The van der Waals surface area contributed by atoms with E-state index in [1.54, 1.807) is 0 Å². The number of likely N-dealkylation sites (N-methyl/N-ethyl adjacent to an activating group) is 1. The monoisotopic (exact) mass is 343 g/mol. The summed E-state index contributed by atoms with van der Waals surface area (Å²) < 4.78 is 5.59. The van der Waals surface area contributed by atoms with Gasteiger partial charge in [0.25, 0.3) is 0 Å². The smallest absolute Gasteiger partial charge is 0.460 e. The Balaban J connectivity index is 0. The normalized spacial score (nSPS) is 10.2. The Bertz CT molecular complexity index is 120. The van der Waals surface area contributed by atoms with Gasteiger partial charge in [0.05, 0.1) is 21.1 Å². The summed E-state index contributed by atoms with van der Waals surface area (Å²) in [6.07, 6.45) is 0. The van der Waals surface area contributed by atoms with Crippen LogP contribution in [0.1, 0.15) is 6.92 Å². The van der Waals surface area contributed by atoms with E-state index < -0.39 is 0 Å². The molecule has 0 unspecified atom stereocenters. The van der Waals surface area contributed by atoms with Gasteiger partial charge in [0, 0.05) is 6.92 Å². The average molecular weight is 343 g/mol. The molecular weight excluding hydrogens is 327 g/mol. The van der Waals surface area contributed by atoms with Gasteiger partial charge >= 0.3 is 28.3 Å². The third kappa shape index (κ3) is 13.2. The molecule has 0 aromatic rings. The summed E-state index contributed by atoms with van der Waals surface area (Å²) in [7, 11) is 6.18. The fraction of sp³-hybridized carbons (Fsp3) is 0.857. The minimum Gasteiger partial charge on any atom is -0.460 e. The number of hydrogen-bond donors (Lipinski definition) is 0. The molecule has 4 heteroatoms. The quantitative estimate of drug-likeness (QED) is 0.417. The van der Waals surface area contributed by atoms with Gasteiger partial charge in [0.15, 0.2) is 0 Å². The predicted molar refractivity (Wildman–Crippen MR) is 39.5 cm³/mol. The first kappa shape index (κ1) is 13.7. The number of rotatable bonds is 3. The van der Waals surface area contributed by atoms with E-state index in [2.05, 4.69) is 21.1 Å². The van der Waals surface area contributed by atoms with Gasteiger partial charge in [-0.2, -0.15) is 0 Å². The number of carbonyl (C=O) groups excluding carboxylic acids is 1. The third-order valence-electron chi connectivity index (χ3n) is 1.07. The molecule has 0 fully saturated rings. The maximum absolute atomic E-state index is 10.3. The van der Waals surface area contributed by atoms with Gasteiger partial charge in [-0.3, -0.25) is 4.79 Å². The molecule has 0 spiro atoms. The van der Waals surface area contributed by atoms with Crippen LogP contribution >= 0.6 is 0 Å². The number of hydrogen-bond acceptors (Lipinski definition) is 2. The van der Waals surface area contributed by atoms with Crippen molar-refractivity contribution in [3.8, 4) is 0 Å². The molecule has 0 atom stereocenters. The van der Waals surface area contributed by atoms with E-state index in [-0.39, 0.29) is 28.3 Å². The maximum atomic E-state index is 10.3. The minimum atomic E-state index is -0.201. The second-order valence-corrected chi connectivity index (χ2v) is 3.35. The van der Waals surface area contributed by atoms with Crippen molar-refractivity contribution in [2.24, 2.45) is 0 Å². The van der Waals surface area contributed by atoms with Crippen LogP contribution in [0.2, 0.25) is 0 Å². The van der Waals surface area contributed by atoms with E-state index in [0.717, 1.165) is 11.0 Å². The number of nitrogens with zero attached hydrogens (tertiary/aromatic N) is 1. The molecule has 0 radical (unpaired) electrons. The number of quaternary nitrogens is 1. The summed E-state index contributed by atoms with van der Waals surface area (Å²) >= 11 is 0. The third-order valence-corrected chi connectivity index (χ3v) is 1.07. The van der Waals surface area contributed by atoms with E-state index in [4.69, 9.17) is 4.74 Å². The van der Waals surface area contributed by atoms with E-state index >= 15 is 0 Å². The summed E-state index contributed by atoms with van der Waals surface area (Å²) in [4.78, 5) is 10.3. The molecule has 0 saturated carbocycles. The Morgan fingerprint density at radius 1 is 1.36 bits per heavy atom. The zero-order valence-corrected chi connectivity index (χ0v) is 9.65. The van der Waals surface area contributed by atoms with E-state index in [9.17, 15) is 4.79 Å². The van der Waals surface area contributed by atoms with Crippen molar-refractivity contribution in [2.45, 2.75) is 6.92 Å². The summed E-state index contributed by atoms with van der Waals surface area (Å²) in [5.41, 5.74) is 0. The van der Waals surface area contributed by atoms with Crippen LogP contribution in [-0.4, -0.2) is 44.7 Å². The first-order valence-electron chi connectivity index (χ1n) is 3.35. The average Bonchev–Trinajstić information content (AvgIpc) is 1.59. The molecule has 0 aromatic carbocycles. The van der Waals surface area contributed by atoms with Crippen molar-refractivity contribution >= 4 is 5.97 Å². The molecule has 68 valence electrons. The van der Waals surface area contributed by atoms with Crippen LogP contribution in [0.25, 0.3) is 0 Å². The standard InChI is InChI=1S/C7H16NO2.Au/c1-7(9)10-6-5-8(2,3)4;/h5-6H2,1-4H3;/q+1;+3. The van der Waals surface area contributed by atoms with Crippen LogP contribution in [0.4, 0.5) is 0 Å². The SMILES string of the molecule is CC(=O)OCC[N+](C)(C)C.[Au+3]. The summed E-state index contributed by atoms with van der Waals surface area (Å²) in [5.74, 6) is -0.201. The maximum Gasteiger partial charge on any atom is 3.00 e. The molecule has 0 aliphatic carbocycles. The number of carbonyl (C=O) groups is 1. The molecule has 3 nitrogen and oxygen atoms in total. The first-order valence-corrected chi connectivity index (χ1v) is 3.35. The fourth-order valence-electron chi connectivity index (χ4n) is 0.463. The van der Waals surface area contributed by atoms with Crippen molar-refractivity contribution < 1.29 is 36.4 Å². The Morgan fingerprint density at radius 2 is 1.82 bits per heavy atom. The molecule has 0 bridgehead atoms. The fourth-order valence-corrected chi connectivity index (χ4v) is 0.463. The Labute approximate surface area is 83.8 Å². The van der Waals surface area contributed by atoms with Gasteiger partial charge in [-0.15, -0.1) is 0 Å². The van der Waals surface area contributed by atoms with Crippen LogP contribution in [0.15, 0.2) is 0 Å². The van der Waals surface area contributed by atoms with Crippen molar-refractivity contribution in [1.29, 1.82) is 0 Å². The van der Waals surface area contributed by atoms with Gasteiger partial charge in [-0.05, 0) is 0 Å². The summed E-state index contributed by atoms with van der Waals surface area (Å²) in [6, 6.07) is 0. The van der Waals surface area contributed by atoms with Gasteiger partial charge in [-0.25, -0.2) is 0 Å². The zero-order valence-electron chi connectivity index (χ0n) is 7.48. The number of esters is 1. The van der Waals surface area contributed by atoms with Gasteiger partial charge in [0.2, 0.25) is 0 Å². The van der Waals surface area contributed by atoms with Crippen molar-refractivity contribution in [1.82, 2.24) is 0 Å². The molecule has 0 aliphatic rings. The van der Waals surface area contributed by atoms with E-state index in [0.29, 0.717) is 6.61 Å². The van der Waals surface area contributed by atoms with Crippen LogP contribution in [0.5, 0.6) is 0 Å². The van der Waals surface area contributed by atoms with E-state index in [1.165, 1.54) is 6.92 Å². The molecule has 0 N–H and O–H groups in total. The molecule has 0 rings (SSSR count). The number of ether oxygens (including phenoxy) is 1. The Hall–Kier alpha value is 0.170. The van der Waals surface area contributed by atoms with Gasteiger partial charge in [0.1, 0.15) is 13.2 Å². The molecular formula is C7H16AuNO2+4. The second kappa shape index (κ2) is 5.77. The molecule has 0 heterocycles. The Kier molecular flexibility index (Phi) is 7.21. The molecule has 0 aliphatic heterocycles. The minimum absolute atomic E-state index is 0. The van der Waals surface area contributed by atoms with E-state index in [1.807, 2.05) is 0 Å². The van der Waals surface area contributed by atoms with Crippen molar-refractivity contribution in [2.75, 3.05) is 34.3 Å². The second-order valence-electron chi connectivity index (χ2n) is 3.35. The van der Waals surface area contributed by atoms with Crippen LogP contribution < -0.4 is 0 Å². The first-order chi connectivity index (χ1) is 4.42. The Morgan fingerprint density at radius 3 is 2.09 bits per heavy atom. The predicted octanol–water partition coefficient (Wildman–Crippen LogP) is 0.253. The molecule has 11 heavy (non-hydrogen) atoms. The zero-order chi connectivity index (χ0) is 8.20. The largest absolute Gasteiger partial charge is 3.00 e. The van der Waals surface area contributed by atoms with Crippen molar-refractivity contribution in [3.05, 3.63) is 0 Å². The molecule has 0 aromatic heterocycles. The summed E-state index contributed by atoms with van der Waals surface area (Å²) in [6.45, 7) is 2.80. The molecule has 0 saturated heterocycles. The summed E-state index contributed by atoms with van der Waals surface area (Å²) in [5, 5.41) is 0. The van der Waals surface area contributed by atoms with Gasteiger partial charge in [-0.1, -0.05) is 0 Å².